The molecule has 0 aromatic heterocycles. The second kappa shape index (κ2) is 9.64. The summed E-state index contributed by atoms with van der Waals surface area (Å²) in [6.07, 6.45) is 2.13. The monoisotopic (exact) mass is 467 g/mol. The minimum Gasteiger partial charge on any atom is -0.497 e. The molecular formula is C25H25NO6S. The third kappa shape index (κ3) is 5.18. The highest BCUT2D eigenvalue weighted by Gasteiger charge is 2.27. The molecule has 1 atom stereocenters. The lowest BCUT2D eigenvalue weighted by atomic mass is 9.87. The summed E-state index contributed by atoms with van der Waals surface area (Å²) in [6, 6.07) is 19.2. The summed E-state index contributed by atoms with van der Waals surface area (Å²) in [5.74, 6) is 0.188. The van der Waals surface area contributed by atoms with Crippen molar-refractivity contribution in [3.63, 3.8) is 0 Å². The molecule has 7 nitrogen and oxygen atoms in total. The Morgan fingerprint density at radius 2 is 1.70 bits per heavy atom. The average Bonchev–Trinajstić information content (AvgIpc) is 2.83. The zero-order valence-corrected chi connectivity index (χ0v) is 19.0. The summed E-state index contributed by atoms with van der Waals surface area (Å²) in [7, 11) is -2.15. The maximum atomic E-state index is 13.1. The maximum Gasteiger partial charge on any atom is 0.341 e. The Morgan fingerprint density at radius 1 is 1.03 bits per heavy atom. The van der Waals surface area contributed by atoms with Gasteiger partial charge in [-0.2, -0.15) is 0 Å². The third-order valence-electron chi connectivity index (χ3n) is 5.70. The van der Waals surface area contributed by atoms with E-state index in [0.29, 0.717) is 18.6 Å². The molecule has 1 aliphatic carbocycles. The van der Waals surface area contributed by atoms with Crippen molar-refractivity contribution in [3.8, 4) is 22.6 Å². The molecule has 2 N–H and O–H groups in total. The highest BCUT2D eigenvalue weighted by molar-refractivity contribution is 7.89. The number of hydrogen-bond acceptors (Lipinski definition) is 5. The second-order valence-electron chi connectivity index (χ2n) is 7.83. The molecule has 3 aromatic rings. The van der Waals surface area contributed by atoms with Crippen molar-refractivity contribution in [3.05, 3.63) is 77.9 Å². The van der Waals surface area contributed by atoms with E-state index in [0.717, 1.165) is 34.4 Å². The van der Waals surface area contributed by atoms with E-state index in [-0.39, 0.29) is 4.90 Å². The van der Waals surface area contributed by atoms with Crippen molar-refractivity contribution in [2.75, 3.05) is 13.7 Å². The quantitative estimate of drug-likeness (QED) is 0.515. The van der Waals surface area contributed by atoms with Crippen LogP contribution in [0.5, 0.6) is 11.5 Å². The number of carbonyl (C=O) groups is 1. The molecule has 0 radical (unpaired) electrons. The minimum absolute atomic E-state index is 0.185. The van der Waals surface area contributed by atoms with Gasteiger partial charge in [-0.15, -0.1) is 0 Å². The van der Waals surface area contributed by atoms with Gasteiger partial charge < -0.3 is 14.6 Å². The number of aliphatic carboxylic acids is 1. The van der Waals surface area contributed by atoms with Crippen molar-refractivity contribution in [1.82, 2.24) is 4.72 Å². The summed E-state index contributed by atoms with van der Waals surface area (Å²) in [5.41, 5.74) is 3.54. The van der Waals surface area contributed by atoms with Crippen LogP contribution in [0.4, 0.5) is 0 Å². The van der Waals surface area contributed by atoms with Crippen LogP contribution < -0.4 is 14.2 Å². The molecule has 0 fully saturated rings. The molecule has 1 unspecified atom stereocenters. The van der Waals surface area contributed by atoms with Gasteiger partial charge in [-0.1, -0.05) is 36.4 Å². The van der Waals surface area contributed by atoms with Crippen molar-refractivity contribution in [2.45, 2.75) is 30.2 Å². The Kier molecular flexibility index (Phi) is 6.67. The zero-order valence-electron chi connectivity index (χ0n) is 18.2. The topological polar surface area (TPSA) is 102 Å². The first-order chi connectivity index (χ1) is 15.9. The van der Waals surface area contributed by atoms with E-state index < -0.39 is 28.6 Å². The van der Waals surface area contributed by atoms with E-state index in [2.05, 4.69) is 4.72 Å². The second-order valence-corrected chi connectivity index (χ2v) is 9.54. The van der Waals surface area contributed by atoms with Crippen LogP contribution in [0.25, 0.3) is 11.1 Å². The Bertz CT molecular complexity index is 1240. The van der Waals surface area contributed by atoms with E-state index in [1.54, 1.807) is 43.5 Å². The van der Waals surface area contributed by atoms with Crippen molar-refractivity contribution in [1.29, 1.82) is 0 Å². The molecule has 0 saturated heterocycles. The number of carboxylic acid groups (broad SMARTS) is 1. The number of sulfonamides is 1. The molecule has 172 valence electrons. The molecule has 0 heterocycles. The van der Waals surface area contributed by atoms with Gasteiger partial charge in [0.05, 0.1) is 12.0 Å². The largest absolute Gasteiger partial charge is 0.497 e. The fourth-order valence-electron chi connectivity index (χ4n) is 4.08. The van der Waals surface area contributed by atoms with Gasteiger partial charge in [0.1, 0.15) is 11.5 Å². The van der Waals surface area contributed by atoms with Gasteiger partial charge in [0.15, 0.2) is 6.61 Å². The van der Waals surface area contributed by atoms with Crippen LogP contribution in [0.2, 0.25) is 0 Å². The predicted molar refractivity (Wildman–Crippen MR) is 124 cm³/mol. The summed E-state index contributed by atoms with van der Waals surface area (Å²) >= 11 is 0. The average molecular weight is 468 g/mol. The Balaban J connectivity index is 1.53. The van der Waals surface area contributed by atoms with E-state index >= 15 is 0 Å². The van der Waals surface area contributed by atoms with Gasteiger partial charge >= 0.3 is 5.97 Å². The lowest BCUT2D eigenvalue weighted by Gasteiger charge is -2.27. The van der Waals surface area contributed by atoms with Gasteiger partial charge in [0.25, 0.3) is 0 Å². The molecule has 33 heavy (non-hydrogen) atoms. The Labute approximate surface area is 193 Å². The number of nitrogens with one attached hydrogen (secondary N) is 1. The van der Waals surface area contributed by atoms with E-state index in [1.807, 2.05) is 30.3 Å². The standard InChI is InChI=1S/C25H25NO6S/c1-31-19-12-8-17(9-13-19)18-10-14-20(15-11-18)33(29,30)26-23-6-2-5-22-21(23)4-3-7-24(22)32-16-25(27)28/h3-4,7-15,23,26H,2,5-6,16H2,1H3,(H,27,28). The molecule has 0 amide bonds. The van der Waals surface area contributed by atoms with Crippen LogP contribution in [0.3, 0.4) is 0 Å². The first-order valence-corrected chi connectivity index (χ1v) is 12.1. The molecule has 0 aliphatic heterocycles. The Morgan fingerprint density at radius 3 is 2.33 bits per heavy atom. The van der Waals surface area contributed by atoms with Crippen LogP contribution in [-0.4, -0.2) is 33.2 Å². The fourth-order valence-corrected chi connectivity index (χ4v) is 5.33. The number of methoxy groups -OCH3 is 1. The van der Waals surface area contributed by atoms with E-state index in [9.17, 15) is 13.2 Å². The van der Waals surface area contributed by atoms with Crippen LogP contribution in [0, 0.1) is 0 Å². The highest BCUT2D eigenvalue weighted by Crippen LogP contribution is 2.36. The Hall–Kier alpha value is -3.36. The first kappa shape index (κ1) is 22.8. The molecule has 8 heteroatoms. The van der Waals surface area contributed by atoms with Gasteiger partial charge in [-0.05, 0) is 71.8 Å². The lowest BCUT2D eigenvalue weighted by Crippen LogP contribution is -2.31. The van der Waals surface area contributed by atoms with Crippen LogP contribution in [0.15, 0.2) is 71.6 Å². The number of rotatable bonds is 8. The summed E-state index contributed by atoms with van der Waals surface area (Å²) < 4.78 is 39.6. The van der Waals surface area contributed by atoms with Crippen LogP contribution >= 0.6 is 0 Å². The zero-order chi connectivity index (χ0) is 23.4. The number of hydrogen-bond donors (Lipinski definition) is 2. The molecule has 0 saturated carbocycles. The number of benzene rings is 3. The van der Waals surface area contributed by atoms with Gasteiger partial charge in [-0.3, -0.25) is 0 Å². The van der Waals surface area contributed by atoms with Crippen LogP contribution in [-0.2, 0) is 21.2 Å². The van der Waals surface area contributed by atoms with Gasteiger partial charge in [-0.25, -0.2) is 17.9 Å². The van der Waals surface area contributed by atoms with Gasteiger partial charge in [0, 0.05) is 6.04 Å². The van der Waals surface area contributed by atoms with Crippen molar-refractivity contribution < 1.29 is 27.8 Å². The lowest BCUT2D eigenvalue weighted by molar-refractivity contribution is -0.139. The van der Waals surface area contributed by atoms with Crippen molar-refractivity contribution >= 4 is 16.0 Å². The summed E-state index contributed by atoms with van der Waals surface area (Å²) in [4.78, 5) is 11.1. The summed E-state index contributed by atoms with van der Waals surface area (Å²) in [5, 5.41) is 8.90. The summed E-state index contributed by atoms with van der Waals surface area (Å²) in [6.45, 7) is -0.437. The van der Waals surface area contributed by atoms with E-state index in [4.69, 9.17) is 14.6 Å². The molecule has 1 aliphatic rings. The predicted octanol–water partition coefficient (Wildman–Crippen LogP) is 4.18. The fraction of sp³-hybridized carbons (Fsp3) is 0.240. The normalized spacial score (nSPS) is 15.5. The molecule has 0 bridgehead atoms. The molecular weight excluding hydrogens is 442 g/mol. The van der Waals surface area contributed by atoms with Crippen LogP contribution in [0.1, 0.15) is 30.0 Å². The first-order valence-electron chi connectivity index (χ1n) is 10.6. The van der Waals surface area contributed by atoms with Gasteiger partial charge in [0.2, 0.25) is 10.0 Å². The molecule has 3 aromatic carbocycles. The number of ether oxygens (including phenoxy) is 2. The maximum absolute atomic E-state index is 13.1. The van der Waals surface area contributed by atoms with Crippen molar-refractivity contribution in [2.24, 2.45) is 0 Å². The van der Waals surface area contributed by atoms with E-state index in [1.165, 1.54) is 0 Å². The third-order valence-corrected chi connectivity index (χ3v) is 7.19. The number of fused-ring (bicyclic) bond motifs is 1. The highest BCUT2D eigenvalue weighted by atomic mass is 32.2. The molecule has 0 spiro atoms. The minimum atomic E-state index is -3.76. The number of carboxylic acids is 1. The SMILES string of the molecule is COc1ccc(-c2ccc(S(=O)(=O)NC3CCCc4c(OCC(=O)O)cccc43)cc2)cc1. The smallest absolute Gasteiger partial charge is 0.341 e. The molecule has 4 rings (SSSR count).